The molecular formula is C11H13ClO4. The number of halogens is 1. The van der Waals surface area contributed by atoms with E-state index in [-0.39, 0.29) is 0 Å². The van der Waals surface area contributed by atoms with Crippen molar-refractivity contribution in [2.24, 2.45) is 0 Å². The zero-order valence-corrected chi connectivity index (χ0v) is 9.48. The standard InChI is InChI=1S/C11H13ClO4/c1-11(16,6-13)9(10(14)15)7-2-4-8(12)5-3-7/h2-5,9,13,16H,6H2,1H3,(H,14,15). The Hall–Kier alpha value is -1.10. The molecule has 0 amide bonds. The first-order valence-electron chi connectivity index (χ1n) is 4.70. The van der Waals surface area contributed by atoms with Gasteiger partial charge in [0.05, 0.1) is 6.61 Å². The van der Waals surface area contributed by atoms with E-state index >= 15 is 0 Å². The van der Waals surface area contributed by atoms with Crippen LogP contribution in [-0.4, -0.2) is 33.5 Å². The van der Waals surface area contributed by atoms with Crippen molar-refractivity contribution in [3.8, 4) is 0 Å². The van der Waals surface area contributed by atoms with E-state index in [0.29, 0.717) is 10.6 Å². The van der Waals surface area contributed by atoms with Crippen molar-refractivity contribution in [1.29, 1.82) is 0 Å². The topological polar surface area (TPSA) is 77.8 Å². The monoisotopic (exact) mass is 244 g/mol. The normalized spacial score (nSPS) is 16.5. The van der Waals surface area contributed by atoms with Crippen molar-refractivity contribution in [3.63, 3.8) is 0 Å². The Balaban J connectivity index is 3.13. The van der Waals surface area contributed by atoms with E-state index in [1.54, 1.807) is 12.1 Å². The summed E-state index contributed by atoms with van der Waals surface area (Å²) in [6.07, 6.45) is 0. The van der Waals surface area contributed by atoms with Gasteiger partial charge in [0.2, 0.25) is 0 Å². The van der Waals surface area contributed by atoms with Crippen molar-refractivity contribution in [1.82, 2.24) is 0 Å². The van der Waals surface area contributed by atoms with Gasteiger partial charge in [-0.05, 0) is 24.6 Å². The number of carbonyl (C=O) groups is 1. The summed E-state index contributed by atoms with van der Waals surface area (Å²) in [4.78, 5) is 11.1. The number of aliphatic hydroxyl groups excluding tert-OH is 1. The van der Waals surface area contributed by atoms with Crippen LogP contribution in [0.15, 0.2) is 24.3 Å². The van der Waals surface area contributed by atoms with Crippen LogP contribution >= 0.6 is 11.6 Å². The molecule has 2 atom stereocenters. The van der Waals surface area contributed by atoms with E-state index in [4.69, 9.17) is 21.8 Å². The molecule has 16 heavy (non-hydrogen) atoms. The fourth-order valence-electron chi connectivity index (χ4n) is 1.51. The fourth-order valence-corrected chi connectivity index (χ4v) is 1.64. The van der Waals surface area contributed by atoms with Crippen LogP contribution in [0, 0.1) is 0 Å². The highest BCUT2D eigenvalue weighted by molar-refractivity contribution is 6.30. The quantitative estimate of drug-likeness (QED) is 0.745. The van der Waals surface area contributed by atoms with E-state index < -0.39 is 24.1 Å². The number of carboxylic acid groups (broad SMARTS) is 1. The molecule has 0 aliphatic carbocycles. The van der Waals surface area contributed by atoms with Crippen LogP contribution in [0.4, 0.5) is 0 Å². The van der Waals surface area contributed by atoms with Crippen molar-refractivity contribution in [2.75, 3.05) is 6.61 Å². The molecule has 0 fully saturated rings. The van der Waals surface area contributed by atoms with Crippen LogP contribution in [0.1, 0.15) is 18.4 Å². The first kappa shape index (κ1) is 13.0. The Labute approximate surface area is 98.1 Å². The second-order valence-electron chi connectivity index (χ2n) is 3.84. The summed E-state index contributed by atoms with van der Waals surface area (Å²) in [5, 5.41) is 28.3. The van der Waals surface area contributed by atoms with Crippen molar-refractivity contribution in [3.05, 3.63) is 34.9 Å². The largest absolute Gasteiger partial charge is 0.481 e. The minimum Gasteiger partial charge on any atom is -0.481 e. The highest BCUT2D eigenvalue weighted by Crippen LogP contribution is 2.29. The van der Waals surface area contributed by atoms with Crippen LogP contribution in [-0.2, 0) is 4.79 Å². The highest BCUT2D eigenvalue weighted by Gasteiger charge is 2.38. The number of benzene rings is 1. The van der Waals surface area contributed by atoms with Crippen LogP contribution in [0.5, 0.6) is 0 Å². The Morgan fingerprint density at radius 3 is 2.31 bits per heavy atom. The van der Waals surface area contributed by atoms with Gasteiger partial charge in [0.25, 0.3) is 0 Å². The lowest BCUT2D eigenvalue weighted by Gasteiger charge is -2.28. The molecule has 88 valence electrons. The van der Waals surface area contributed by atoms with Crippen molar-refractivity contribution in [2.45, 2.75) is 18.4 Å². The summed E-state index contributed by atoms with van der Waals surface area (Å²) in [7, 11) is 0. The van der Waals surface area contributed by atoms with E-state index in [1.165, 1.54) is 19.1 Å². The molecule has 0 bridgehead atoms. The Bertz CT molecular complexity index is 372. The van der Waals surface area contributed by atoms with Gasteiger partial charge in [-0.2, -0.15) is 0 Å². The molecule has 0 radical (unpaired) electrons. The zero-order chi connectivity index (χ0) is 12.3. The van der Waals surface area contributed by atoms with Crippen molar-refractivity contribution < 1.29 is 20.1 Å². The molecule has 1 aromatic carbocycles. The first-order chi connectivity index (χ1) is 7.38. The molecule has 1 aromatic rings. The number of rotatable bonds is 4. The molecule has 1 rings (SSSR count). The highest BCUT2D eigenvalue weighted by atomic mass is 35.5. The van der Waals surface area contributed by atoms with E-state index in [1.807, 2.05) is 0 Å². The summed E-state index contributed by atoms with van der Waals surface area (Å²) in [5.74, 6) is -2.38. The second kappa shape index (κ2) is 4.82. The number of carboxylic acids is 1. The molecule has 0 spiro atoms. The minimum absolute atomic E-state index is 0.399. The molecule has 0 saturated carbocycles. The molecule has 0 aliphatic rings. The average Bonchev–Trinajstić information content (AvgIpc) is 2.20. The van der Waals surface area contributed by atoms with Gasteiger partial charge in [-0.15, -0.1) is 0 Å². The van der Waals surface area contributed by atoms with Gasteiger partial charge in [-0.25, -0.2) is 0 Å². The van der Waals surface area contributed by atoms with Gasteiger partial charge in [-0.3, -0.25) is 4.79 Å². The summed E-state index contributed by atoms with van der Waals surface area (Å²) < 4.78 is 0. The van der Waals surface area contributed by atoms with Crippen LogP contribution in [0.2, 0.25) is 5.02 Å². The fraction of sp³-hybridized carbons (Fsp3) is 0.364. The predicted octanol–water partition coefficient (Wildman–Crippen LogP) is 1.25. The molecule has 0 aliphatic heterocycles. The molecule has 0 saturated heterocycles. The lowest BCUT2D eigenvalue weighted by atomic mass is 9.84. The van der Waals surface area contributed by atoms with Crippen LogP contribution in [0.25, 0.3) is 0 Å². The second-order valence-corrected chi connectivity index (χ2v) is 4.27. The molecular weight excluding hydrogens is 232 g/mol. The molecule has 2 unspecified atom stereocenters. The molecule has 3 N–H and O–H groups in total. The Kier molecular flexibility index (Phi) is 3.91. The molecule has 5 heteroatoms. The third-order valence-corrected chi connectivity index (χ3v) is 2.64. The third kappa shape index (κ3) is 2.72. The lowest BCUT2D eigenvalue weighted by molar-refractivity contribution is -0.147. The van der Waals surface area contributed by atoms with Gasteiger partial charge >= 0.3 is 5.97 Å². The maximum absolute atomic E-state index is 11.1. The maximum atomic E-state index is 11.1. The van der Waals surface area contributed by atoms with E-state index in [9.17, 15) is 9.90 Å². The Morgan fingerprint density at radius 1 is 1.44 bits per heavy atom. The minimum atomic E-state index is -1.71. The van der Waals surface area contributed by atoms with Crippen LogP contribution < -0.4 is 0 Å². The number of hydrogen-bond acceptors (Lipinski definition) is 3. The van der Waals surface area contributed by atoms with E-state index in [0.717, 1.165) is 0 Å². The summed E-state index contributed by atoms with van der Waals surface area (Å²) >= 11 is 5.68. The predicted molar refractivity (Wildman–Crippen MR) is 59.5 cm³/mol. The maximum Gasteiger partial charge on any atom is 0.314 e. The number of aliphatic hydroxyl groups is 2. The summed E-state index contributed by atoms with van der Waals surface area (Å²) in [5.41, 5.74) is -1.31. The smallest absolute Gasteiger partial charge is 0.314 e. The van der Waals surface area contributed by atoms with Crippen LogP contribution in [0.3, 0.4) is 0 Å². The van der Waals surface area contributed by atoms with Crippen molar-refractivity contribution >= 4 is 17.6 Å². The summed E-state index contributed by atoms with van der Waals surface area (Å²) in [6.45, 7) is 0.646. The van der Waals surface area contributed by atoms with E-state index in [2.05, 4.69) is 0 Å². The number of hydrogen-bond donors (Lipinski definition) is 3. The summed E-state index contributed by atoms with van der Waals surface area (Å²) in [6, 6.07) is 6.12. The van der Waals surface area contributed by atoms with Gasteiger partial charge in [0.1, 0.15) is 11.5 Å². The molecule has 4 nitrogen and oxygen atoms in total. The first-order valence-corrected chi connectivity index (χ1v) is 5.08. The van der Waals surface area contributed by atoms with Gasteiger partial charge in [0, 0.05) is 5.02 Å². The Morgan fingerprint density at radius 2 is 1.94 bits per heavy atom. The number of aliphatic carboxylic acids is 1. The average molecular weight is 245 g/mol. The van der Waals surface area contributed by atoms with Gasteiger partial charge in [-0.1, -0.05) is 23.7 Å². The van der Waals surface area contributed by atoms with Gasteiger partial charge in [0.15, 0.2) is 0 Å². The lowest BCUT2D eigenvalue weighted by Crippen LogP contribution is -2.41. The van der Waals surface area contributed by atoms with Gasteiger partial charge < -0.3 is 15.3 Å². The third-order valence-electron chi connectivity index (χ3n) is 2.39. The zero-order valence-electron chi connectivity index (χ0n) is 8.72. The molecule has 0 heterocycles. The SMILES string of the molecule is CC(O)(CO)C(C(=O)O)c1ccc(Cl)cc1. The molecule has 0 aromatic heterocycles.